The quantitative estimate of drug-likeness (QED) is 0.781. The zero-order valence-electron chi connectivity index (χ0n) is 8.85. The van der Waals surface area contributed by atoms with Crippen LogP contribution in [-0.2, 0) is 9.57 Å². The number of rotatable bonds is 1. The normalized spacial score (nSPS) is 28.1. The van der Waals surface area contributed by atoms with Gasteiger partial charge in [-0.3, -0.25) is 0 Å². The van der Waals surface area contributed by atoms with Crippen LogP contribution in [0.5, 0.6) is 5.75 Å². The van der Waals surface area contributed by atoms with Crippen molar-refractivity contribution in [3.63, 3.8) is 0 Å². The largest absolute Gasteiger partial charge is 0.508 e. The Morgan fingerprint density at radius 1 is 1.38 bits per heavy atom. The molecule has 3 rings (SSSR count). The minimum absolute atomic E-state index is 0.249. The van der Waals surface area contributed by atoms with Crippen LogP contribution in [0, 0.1) is 0 Å². The van der Waals surface area contributed by atoms with Crippen LogP contribution >= 0.6 is 0 Å². The lowest BCUT2D eigenvalue weighted by Gasteiger charge is -2.17. The second-order valence-electron chi connectivity index (χ2n) is 4.34. The van der Waals surface area contributed by atoms with Crippen LogP contribution in [0.1, 0.15) is 18.4 Å². The predicted octanol–water partition coefficient (Wildman–Crippen LogP) is 1.68. The summed E-state index contributed by atoms with van der Waals surface area (Å²) in [6.45, 7) is 1.35. The van der Waals surface area contributed by atoms with E-state index in [0.717, 1.165) is 30.7 Å². The average Bonchev–Trinajstić information content (AvgIpc) is 2.90. The van der Waals surface area contributed by atoms with Crippen molar-refractivity contribution in [2.45, 2.75) is 18.4 Å². The fraction of sp³-hybridized carbons (Fsp3) is 0.417. The number of aromatic hydroxyl groups is 1. The van der Waals surface area contributed by atoms with Gasteiger partial charge in [0.2, 0.25) is 0 Å². The lowest BCUT2D eigenvalue weighted by Crippen LogP contribution is -2.29. The van der Waals surface area contributed by atoms with E-state index < -0.39 is 0 Å². The van der Waals surface area contributed by atoms with Gasteiger partial charge in [0, 0.05) is 18.4 Å². The Morgan fingerprint density at radius 3 is 3.06 bits per heavy atom. The summed E-state index contributed by atoms with van der Waals surface area (Å²) in [5.74, 6) is 0.254. The Balaban J connectivity index is 1.83. The monoisotopic (exact) mass is 219 g/mol. The summed E-state index contributed by atoms with van der Waals surface area (Å²) in [6, 6.07) is 7.09. The average molecular weight is 219 g/mol. The van der Waals surface area contributed by atoms with E-state index >= 15 is 0 Å². The molecular formula is C12H13NO3. The molecule has 2 heterocycles. The van der Waals surface area contributed by atoms with E-state index in [1.807, 2.05) is 12.1 Å². The summed E-state index contributed by atoms with van der Waals surface area (Å²) >= 11 is 0. The summed E-state index contributed by atoms with van der Waals surface area (Å²) in [5, 5.41) is 13.5. The van der Waals surface area contributed by atoms with Gasteiger partial charge in [-0.2, -0.15) is 0 Å². The Bertz CT molecular complexity index is 436. The molecule has 0 aromatic heterocycles. The van der Waals surface area contributed by atoms with E-state index in [9.17, 15) is 5.11 Å². The van der Waals surface area contributed by atoms with Crippen molar-refractivity contribution in [2.75, 3.05) is 13.2 Å². The topological polar surface area (TPSA) is 51.1 Å². The lowest BCUT2D eigenvalue weighted by molar-refractivity contribution is -0.0237. The smallest absolute Gasteiger partial charge is 0.168 e. The number of nitrogens with zero attached hydrogens (tertiary/aromatic N) is 1. The molecule has 1 saturated heterocycles. The number of oxime groups is 1. The maximum atomic E-state index is 9.41. The molecule has 1 fully saturated rings. The third-order valence-electron chi connectivity index (χ3n) is 3.09. The van der Waals surface area contributed by atoms with Crippen molar-refractivity contribution in [1.29, 1.82) is 0 Å². The van der Waals surface area contributed by atoms with Crippen LogP contribution in [0.25, 0.3) is 0 Å². The highest BCUT2D eigenvalue weighted by atomic mass is 16.7. The first-order valence-corrected chi connectivity index (χ1v) is 5.40. The standard InChI is InChI=1S/C12H13NO3/c14-10-3-1-2-9(6-10)11-7-12(16-13-11)4-5-15-8-12/h1-3,6,14H,4-5,7-8H2. The molecule has 1 spiro atoms. The number of phenols is 1. The van der Waals surface area contributed by atoms with E-state index in [1.165, 1.54) is 0 Å². The van der Waals surface area contributed by atoms with Crippen LogP contribution in [0.15, 0.2) is 29.4 Å². The Labute approximate surface area is 93.5 Å². The van der Waals surface area contributed by atoms with Crippen LogP contribution in [-0.4, -0.2) is 29.6 Å². The Kier molecular flexibility index (Phi) is 2.11. The fourth-order valence-corrected chi connectivity index (χ4v) is 2.16. The number of ether oxygens (including phenoxy) is 1. The molecule has 16 heavy (non-hydrogen) atoms. The summed E-state index contributed by atoms with van der Waals surface area (Å²) < 4.78 is 5.34. The van der Waals surface area contributed by atoms with Gasteiger partial charge in [0.1, 0.15) is 5.75 Å². The number of hydrogen-bond donors (Lipinski definition) is 1. The van der Waals surface area contributed by atoms with Gasteiger partial charge >= 0.3 is 0 Å². The van der Waals surface area contributed by atoms with Crippen LogP contribution in [0.4, 0.5) is 0 Å². The van der Waals surface area contributed by atoms with Gasteiger partial charge in [0.05, 0.1) is 18.9 Å². The minimum Gasteiger partial charge on any atom is -0.508 e. The van der Waals surface area contributed by atoms with Gasteiger partial charge in [-0.15, -0.1) is 0 Å². The molecule has 0 radical (unpaired) electrons. The van der Waals surface area contributed by atoms with Crippen LogP contribution in [0.2, 0.25) is 0 Å². The molecule has 1 aromatic rings. The third kappa shape index (κ3) is 1.55. The zero-order valence-corrected chi connectivity index (χ0v) is 8.85. The fourth-order valence-electron chi connectivity index (χ4n) is 2.16. The SMILES string of the molecule is Oc1cccc(C2=NOC3(CCOC3)C2)c1. The number of phenolic OH excluding ortho intramolecular Hbond substituents is 1. The van der Waals surface area contributed by atoms with Crippen molar-refractivity contribution in [2.24, 2.45) is 5.16 Å². The molecule has 4 nitrogen and oxygen atoms in total. The second-order valence-corrected chi connectivity index (χ2v) is 4.34. The summed E-state index contributed by atoms with van der Waals surface area (Å²) in [5.41, 5.74) is 1.56. The third-order valence-corrected chi connectivity index (χ3v) is 3.09. The van der Waals surface area contributed by atoms with E-state index in [0.29, 0.717) is 6.61 Å². The first-order chi connectivity index (χ1) is 7.77. The second kappa shape index (κ2) is 3.49. The molecule has 1 unspecified atom stereocenters. The van der Waals surface area contributed by atoms with Crippen molar-refractivity contribution >= 4 is 5.71 Å². The van der Waals surface area contributed by atoms with Gasteiger partial charge in [-0.1, -0.05) is 17.3 Å². The van der Waals surface area contributed by atoms with E-state index in [1.54, 1.807) is 12.1 Å². The molecule has 0 aliphatic carbocycles. The van der Waals surface area contributed by atoms with Crippen molar-refractivity contribution in [3.8, 4) is 5.75 Å². The van der Waals surface area contributed by atoms with E-state index in [4.69, 9.17) is 9.57 Å². The molecule has 84 valence electrons. The maximum Gasteiger partial charge on any atom is 0.168 e. The molecule has 2 aliphatic rings. The number of hydrogen-bond acceptors (Lipinski definition) is 4. The summed E-state index contributed by atoms with van der Waals surface area (Å²) in [7, 11) is 0. The van der Waals surface area contributed by atoms with Crippen molar-refractivity contribution < 1.29 is 14.7 Å². The molecule has 1 aromatic carbocycles. The molecule has 1 N–H and O–H groups in total. The summed E-state index contributed by atoms with van der Waals surface area (Å²) in [4.78, 5) is 5.49. The zero-order chi connectivity index (χ0) is 11.0. The van der Waals surface area contributed by atoms with E-state index in [-0.39, 0.29) is 11.4 Å². The molecule has 0 bridgehead atoms. The molecule has 0 amide bonds. The molecule has 2 aliphatic heterocycles. The van der Waals surface area contributed by atoms with Gasteiger partial charge in [-0.25, -0.2) is 0 Å². The van der Waals surface area contributed by atoms with E-state index in [2.05, 4.69) is 5.16 Å². The van der Waals surface area contributed by atoms with Gasteiger partial charge in [-0.05, 0) is 12.1 Å². The van der Waals surface area contributed by atoms with Crippen LogP contribution < -0.4 is 0 Å². The van der Waals surface area contributed by atoms with Gasteiger partial charge in [0.15, 0.2) is 5.60 Å². The Hall–Kier alpha value is -1.55. The maximum absolute atomic E-state index is 9.41. The van der Waals surface area contributed by atoms with Crippen molar-refractivity contribution in [3.05, 3.63) is 29.8 Å². The summed E-state index contributed by atoms with van der Waals surface area (Å²) in [6.07, 6.45) is 1.65. The highest BCUT2D eigenvalue weighted by molar-refractivity contribution is 6.01. The van der Waals surface area contributed by atoms with Crippen molar-refractivity contribution in [1.82, 2.24) is 0 Å². The van der Waals surface area contributed by atoms with Crippen LogP contribution in [0.3, 0.4) is 0 Å². The molecule has 1 atom stereocenters. The first kappa shape index (κ1) is 9.66. The molecule has 4 heteroatoms. The number of benzene rings is 1. The first-order valence-electron chi connectivity index (χ1n) is 5.40. The van der Waals surface area contributed by atoms with Gasteiger partial charge < -0.3 is 14.7 Å². The predicted molar refractivity (Wildman–Crippen MR) is 58.5 cm³/mol. The highest BCUT2D eigenvalue weighted by Crippen LogP contribution is 2.34. The minimum atomic E-state index is -0.249. The van der Waals surface area contributed by atoms with Gasteiger partial charge in [0.25, 0.3) is 0 Å². The lowest BCUT2D eigenvalue weighted by atomic mass is 9.93. The Morgan fingerprint density at radius 2 is 2.31 bits per heavy atom. The highest BCUT2D eigenvalue weighted by Gasteiger charge is 2.43. The molecule has 0 saturated carbocycles. The molecular weight excluding hydrogens is 206 g/mol.